The highest BCUT2D eigenvalue weighted by molar-refractivity contribution is 7.10. The van der Waals surface area contributed by atoms with Crippen LogP contribution in [0, 0.1) is 5.92 Å². The van der Waals surface area contributed by atoms with Gasteiger partial charge in [0.1, 0.15) is 5.84 Å². The fourth-order valence-electron chi connectivity index (χ4n) is 1.87. The Labute approximate surface area is 113 Å². The Hall–Kier alpha value is -1.07. The molecule has 0 aliphatic heterocycles. The van der Waals surface area contributed by atoms with Crippen LogP contribution in [0.2, 0.25) is 0 Å². The first kappa shape index (κ1) is 15.0. The lowest BCUT2D eigenvalue weighted by molar-refractivity contribution is 0.316. The lowest BCUT2D eigenvalue weighted by Crippen LogP contribution is -2.26. The second kappa shape index (κ2) is 8.11. The molecule has 1 rings (SSSR count). The second-order valence-corrected chi connectivity index (χ2v) is 5.72. The maximum Gasteiger partial charge on any atom is 0.139 e. The van der Waals surface area contributed by atoms with E-state index in [1.165, 1.54) is 4.88 Å². The van der Waals surface area contributed by atoms with Crippen LogP contribution in [0.1, 0.15) is 44.0 Å². The summed E-state index contributed by atoms with van der Waals surface area (Å²) in [5.41, 5.74) is 5.42. The smallest absolute Gasteiger partial charge is 0.139 e. The van der Waals surface area contributed by atoms with Crippen molar-refractivity contribution in [3.05, 3.63) is 22.4 Å². The van der Waals surface area contributed by atoms with Crippen molar-refractivity contribution in [2.45, 2.75) is 39.2 Å². The van der Waals surface area contributed by atoms with Gasteiger partial charge in [-0.15, -0.1) is 11.3 Å². The van der Waals surface area contributed by atoms with E-state index in [1.807, 2.05) is 0 Å². The normalized spacial score (nSPS) is 14.1. The van der Waals surface area contributed by atoms with E-state index in [9.17, 15) is 0 Å². The molecule has 1 aromatic heterocycles. The Morgan fingerprint density at radius 1 is 1.50 bits per heavy atom. The Balaban J connectivity index is 2.27. The summed E-state index contributed by atoms with van der Waals surface area (Å²) in [6, 6.07) is 4.70. The first-order valence-corrected chi connectivity index (χ1v) is 7.26. The summed E-state index contributed by atoms with van der Waals surface area (Å²) in [6.07, 6.45) is 2.63. The molecule has 18 heavy (non-hydrogen) atoms. The van der Waals surface area contributed by atoms with E-state index in [2.05, 4.69) is 41.8 Å². The fourth-order valence-corrected chi connectivity index (χ4v) is 2.85. The van der Waals surface area contributed by atoms with Crippen LogP contribution in [-0.4, -0.2) is 17.6 Å². The number of nitrogens with zero attached hydrogens (tertiary/aromatic N) is 1. The summed E-state index contributed by atoms with van der Waals surface area (Å²) < 4.78 is 0. The minimum absolute atomic E-state index is 0.314. The number of rotatable bonds is 8. The monoisotopic (exact) mass is 269 g/mol. The maximum absolute atomic E-state index is 8.43. The summed E-state index contributed by atoms with van der Waals surface area (Å²) in [6.45, 7) is 5.42. The lowest BCUT2D eigenvalue weighted by atomic mass is 10.0. The van der Waals surface area contributed by atoms with E-state index in [1.54, 1.807) is 11.3 Å². The van der Waals surface area contributed by atoms with Crippen molar-refractivity contribution in [3.8, 4) is 0 Å². The third kappa shape index (κ3) is 5.06. The SMILES string of the molecule is CC(C)C(NCCCC/C(N)=N/O)c1cccs1. The molecule has 4 nitrogen and oxygen atoms in total. The molecule has 4 N–H and O–H groups in total. The van der Waals surface area contributed by atoms with Gasteiger partial charge in [0.15, 0.2) is 0 Å². The van der Waals surface area contributed by atoms with Crippen molar-refractivity contribution >= 4 is 17.2 Å². The number of amidine groups is 1. The van der Waals surface area contributed by atoms with Gasteiger partial charge in [0, 0.05) is 17.3 Å². The average Bonchev–Trinajstić information content (AvgIpc) is 2.86. The van der Waals surface area contributed by atoms with Gasteiger partial charge in [0.2, 0.25) is 0 Å². The molecule has 1 heterocycles. The van der Waals surface area contributed by atoms with Crippen LogP contribution >= 0.6 is 11.3 Å². The van der Waals surface area contributed by atoms with E-state index in [4.69, 9.17) is 10.9 Å². The number of thiophene rings is 1. The second-order valence-electron chi connectivity index (χ2n) is 4.74. The van der Waals surface area contributed by atoms with Crippen LogP contribution in [-0.2, 0) is 0 Å². The average molecular weight is 269 g/mol. The van der Waals surface area contributed by atoms with Crippen molar-refractivity contribution in [3.63, 3.8) is 0 Å². The Kier molecular flexibility index (Phi) is 6.75. The standard InChI is InChI=1S/C13H23N3OS/c1-10(2)13(11-6-5-9-18-11)15-8-4-3-7-12(14)16-17/h5-6,9-10,13,15,17H,3-4,7-8H2,1-2H3,(H2,14,16). The molecule has 5 heteroatoms. The zero-order chi connectivity index (χ0) is 13.4. The van der Waals surface area contributed by atoms with Gasteiger partial charge < -0.3 is 16.3 Å². The van der Waals surface area contributed by atoms with E-state index in [-0.39, 0.29) is 0 Å². The van der Waals surface area contributed by atoms with E-state index >= 15 is 0 Å². The first-order chi connectivity index (χ1) is 8.65. The molecule has 0 aliphatic carbocycles. The van der Waals surface area contributed by atoms with Gasteiger partial charge in [-0.2, -0.15) is 0 Å². The van der Waals surface area contributed by atoms with Gasteiger partial charge in [-0.1, -0.05) is 25.1 Å². The third-order valence-corrected chi connectivity index (χ3v) is 3.82. The Morgan fingerprint density at radius 2 is 2.28 bits per heavy atom. The quantitative estimate of drug-likeness (QED) is 0.223. The van der Waals surface area contributed by atoms with Crippen LogP contribution in [0.25, 0.3) is 0 Å². The van der Waals surface area contributed by atoms with E-state index < -0.39 is 0 Å². The molecule has 0 saturated carbocycles. The molecule has 0 aliphatic rings. The van der Waals surface area contributed by atoms with Crippen LogP contribution < -0.4 is 11.1 Å². The molecular formula is C13H23N3OS. The van der Waals surface area contributed by atoms with Crippen molar-refractivity contribution in [1.29, 1.82) is 0 Å². The molecule has 0 radical (unpaired) electrons. The molecule has 1 aromatic rings. The Morgan fingerprint density at radius 3 is 2.83 bits per heavy atom. The van der Waals surface area contributed by atoms with Gasteiger partial charge in [0.25, 0.3) is 0 Å². The van der Waals surface area contributed by atoms with Crippen molar-refractivity contribution < 1.29 is 5.21 Å². The van der Waals surface area contributed by atoms with Crippen molar-refractivity contribution in [2.24, 2.45) is 16.8 Å². The van der Waals surface area contributed by atoms with Gasteiger partial charge >= 0.3 is 0 Å². The highest BCUT2D eigenvalue weighted by atomic mass is 32.1. The third-order valence-electron chi connectivity index (χ3n) is 2.87. The molecule has 0 spiro atoms. The van der Waals surface area contributed by atoms with Gasteiger partial charge in [-0.3, -0.25) is 0 Å². The summed E-state index contributed by atoms with van der Waals surface area (Å²) in [4.78, 5) is 1.39. The minimum atomic E-state index is 0.314. The van der Waals surface area contributed by atoms with Crippen LogP contribution in [0.5, 0.6) is 0 Å². The molecule has 1 atom stereocenters. The zero-order valence-electron chi connectivity index (χ0n) is 11.1. The molecular weight excluding hydrogens is 246 g/mol. The van der Waals surface area contributed by atoms with E-state index in [0.29, 0.717) is 24.2 Å². The molecule has 0 amide bonds. The molecule has 0 bridgehead atoms. The summed E-state index contributed by atoms with van der Waals surface area (Å²) in [5.74, 6) is 0.890. The fraction of sp³-hybridized carbons (Fsp3) is 0.615. The van der Waals surface area contributed by atoms with Crippen molar-refractivity contribution in [2.75, 3.05) is 6.54 Å². The largest absolute Gasteiger partial charge is 0.409 e. The van der Waals surface area contributed by atoms with Crippen LogP contribution in [0.4, 0.5) is 0 Å². The Bertz CT molecular complexity index is 349. The molecule has 0 fully saturated rings. The summed E-state index contributed by atoms with van der Waals surface area (Å²) >= 11 is 1.80. The number of hydrogen-bond donors (Lipinski definition) is 3. The molecule has 0 aromatic carbocycles. The molecule has 102 valence electrons. The molecule has 1 unspecified atom stereocenters. The van der Waals surface area contributed by atoms with Gasteiger partial charge in [0.05, 0.1) is 0 Å². The lowest BCUT2D eigenvalue weighted by Gasteiger charge is -2.21. The highest BCUT2D eigenvalue weighted by Crippen LogP contribution is 2.25. The van der Waals surface area contributed by atoms with Crippen LogP contribution in [0.15, 0.2) is 22.7 Å². The summed E-state index contributed by atoms with van der Waals surface area (Å²) in [7, 11) is 0. The zero-order valence-corrected chi connectivity index (χ0v) is 11.9. The summed E-state index contributed by atoms with van der Waals surface area (Å²) in [5, 5.41) is 17.1. The number of unbranched alkanes of at least 4 members (excludes halogenated alkanes) is 1. The predicted molar refractivity (Wildman–Crippen MR) is 77.2 cm³/mol. The maximum atomic E-state index is 8.43. The topological polar surface area (TPSA) is 70.6 Å². The molecule has 0 saturated heterocycles. The number of nitrogens with one attached hydrogen (secondary N) is 1. The number of oxime groups is 1. The number of hydrogen-bond acceptors (Lipinski definition) is 4. The van der Waals surface area contributed by atoms with Gasteiger partial charge in [-0.05, 0) is 36.8 Å². The predicted octanol–water partition coefficient (Wildman–Crippen LogP) is 2.95. The van der Waals surface area contributed by atoms with Crippen molar-refractivity contribution in [1.82, 2.24) is 5.32 Å². The van der Waals surface area contributed by atoms with Crippen LogP contribution in [0.3, 0.4) is 0 Å². The number of nitrogens with two attached hydrogens (primary N) is 1. The highest BCUT2D eigenvalue weighted by Gasteiger charge is 2.15. The first-order valence-electron chi connectivity index (χ1n) is 6.38. The van der Waals surface area contributed by atoms with Gasteiger partial charge in [-0.25, -0.2) is 0 Å². The van der Waals surface area contributed by atoms with E-state index in [0.717, 1.165) is 19.4 Å². The minimum Gasteiger partial charge on any atom is -0.409 e.